The molecule has 2 atom stereocenters. The smallest absolute Gasteiger partial charge is 0.00889 e. The Balaban J connectivity index is 2.81. The van der Waals surface area contributed by atoms with Crippen molar-refractivity contribution in [1.82, 2.24) is 0 Å². The normalized spacial score (nSPS) is 22.4. The summed E-state index contributed by atoms with van der Waals surface area (Å²) in [6.07, 6.45) is 12.4. The van der Waals surface area contributed by atoms with Crippen molar-refractivity contribution in [3.8, 4) is 0 Å². The standard InChI is InChI=1S/C14H22/c1-5-14(4,6-2)12(3)13-10-8-7-9-11-13/h5,7-8,10,12H,1,6,9,11H2,2-4H3. The van der Waals surface area contributed by atoms with Gasteiger partial charge in [0, 0.05) is 0 Å². The molecule has 1 rings (SSSR count). The van der Waals surface area contributed by atoms with E-state index in [9.17, 15) is 0 Å². The lowest BCUT2D eigenvalue weighted by Gasteiger charge is -2.34. The molecular formula is C14H22. The SMILES string of the molecule is C=CC(C)(CC)C(C)C1=CC=CCC1. The summed E-state index contributed by atoms with van der Waals surface area (Å²) < 4.78 is 0. The summed E-state index contributed by atoms with van der Waals surface area (Å²) in [6, 6.07) is 0. The zero-order chi connectivity index (χ0) is 10.6. The van der Waals surface area contributed by atoms with Gasteiger partial charge < -0.3 is 0 Å². The second kappa shape index (κ2) is 4.63. The van der Waals surface area contributed by atoms with E-state index in [2.05, 4.69) is 51.7 Å². The van der Waals surface area contributed by atoms with E-state index in [1.807, 2.05) is 0 Å². The number of rotatable bonds is 4. The van der Waals surface area contributed by atoms with Crippen LogP contribution in [0.2, 0.25) is 0 Å². The summed E-state index contributed by atoms with van der Waals surface area (Å²) in [7, 11) is 0. The zero-order valence-corrected chi connectivity index (χ0v) is 9.72. The van der Waals surface area contributed by atoms with Gasteiger partial charge in [0.1, 0.15) is 0 Å². The summed E-state index contributed by atoms with van der Waals surface area (Å²) >= 11 is 0. The molecule has 0 saturated carbocycles. The third-order valence-electron chi connectivity index (χ3n) is 3.82. The Kier molecular flexibility index (Phi) is 3.74. The van der Waals surface area contributed by atoms with Crippen LogP contribution in [0.4, 0.5) is 0 Å². The first-order chi connectivity index (χ1) is 6.64. The van der Waals surface area contributed by atoms with E-state index >= 15 is 0 Å². The fourth-order valence-corrected chi connectivity index (χ4v) is 2.03. The first kappa shape index (κ1) is 11.3. The van der Waals surface area contributed by atoms with E-state index < -0.39 is 0 Å². The Morgan fingerprint density at radius 3 is 2.79 bits per heavy atom. The van der Waals surface area contributed by atoms with Gasteiger partial charge >= 0.3 is 0 Å². The predicted octanol–water partition coefficient (Wildman–Crippen LogP) is 4.50. The molecule has 0 heterocycles. The van der Waals surface area contributed by atoms with Gasteiger partial charge in [-0.2, -0.15) is 0 Å². The molecule has 0 aromatic rings. The Hall–Kier alpha value is -0.780. The molecular weight excluding hydrogens is 168 g/mol. The molecule has 0 radical (unpaired) electrons. The van der Waals surface area contributed by atoms with Gasteiger partial charge in [-0.25, -0.2) is 0 Å². The van der Waals surface area contributed by atoms with E-state index in [0.29, 0.717) is 5.92 Å². The fraction of sp³-hybridized carbons (Fsp3) is 0.571. The van der Waals surface area contributed by atoms with E-state index in [-0.39, 0.29) is 5.41 Å². The fourth-order valence-electron chi connectivity index (χ4n) is 2.03. The van der Waals surface area contributed by atoms with Crippen molar-refractivity contribution in [2.24, 2.45) is 11.3 Å². The van der Waals surface area contributed by atoms with E-state index in [1.165, 1.54) is 19.3 Å². The van der Waals surface area contributed by atoms with Gasteiger partial charge in [0.25, 0.3) is 0 Å². The Bertz CT molecular complexity index is 257. The largest absolute Gasteiger partial charge is 0.103 e. The van der Waals surface area contributed by atoms with E-state index in [4.69, 9.17) is 0 Å². The van der Waals surface area contributed by atoms with Crippen LogP contribution in [-0.2, 0) is 0 Å². The molecule has 1 aliphatic rings. The second-order valence-corrected chi connectivity index (χ2v) is 4.49. The maximum Gasteiger partial charge on any atom is -0.00889 e. The first-order valence-corrected chi connectivity index (χ1v) is 5.63. The molecule has 0 heteroatoms. The third kappa shape index (κ3) is 2.17. The molecule has 2 unspecified atom stereocenters. The Morgan fingerprint density at radius 2 is 2.36 bits per heavy atom. The lowest BCUT2D eigenvalue weighted by molar-refractivity contribution is 0.298. The number of hydrogen-bond donors (Lipinski definition) is 0. The third-order valence-corrected chi connectivity index (χ3v) is 3.82. The Morgan fingerprint density at radius 1 is 1.64 bits per heavy atom. The molecule has 0 saturated heterocycles. The first-order valence-electron chi connectivity index (χ1n) is 5.63. The van der Waals surface area contributed by atoms with Crippen molar-refractivity contribution >= 4 is 0 Å². The van der Waals surface area contributed by atoms with Crippen LogP contribution in [0.25, 0.3) is 0 Å². The maximum absolute atomic E-state index is 3.97. The molecule has 0 nitrogen and oxygen atoms in total. The van der Waals surface area contributed by atoms with Crippen molar-refractivity contribution in [2.75, 3.05) is 0 Å². The van der Waals surface area contributed by atoms with Gasteiger partial charge in [-0.05, 0) is 30.6 Å². The summed E-state index contributed by atoms with van der Waals surface area (Å²) in [5.74, 6) is 0.620. The van der Waals surface area contributed by atoms with Crippen LogP contribution in [0, 0.1) is 11.3 Å². The summed E-state index contributed by atoms with van der Waals surface area (Å²) in [5.41, 5.74) is 1.84. The van der Waals surface area contributed by atoms with Crippen LogP contribution < -0.4 is 0 Å². The van der Waals surface area contributed by atoms with Gasteiger partial charge in [-0.1, -0.05) is 50.6 Å². The number of hydrogen-bond acceptors (Lipinski definition) is 0. The summed E-state index contributed by atoms with van der Waals surface area (Å²) in [4.78, 5) is 0. The van der Waals surface area contributed by atoms with Crippen LogP contribution in [0.3, 0.4) is 0 Å². The molecule has 0 amide bonds. The molecule has 0 aromatic heterocycles. The molecule has 0 N–H and O–H groups in total. The van der Waals surface area contributed by atoms with E-state index in [1.54, 1.807) is 5.57 Å². The van der Waals surface area contributed by atoms with Crippen molar-refractivity contribution in [3.63, 3.8) is 0 Å². The van der Waals surface area contributed by atoms with Gasteiger partial charge in [-0.15, -0.1) is 6.58 Å². The average Bonchev–Trinajstić information content (AvgIpc) is 2.28. The highest BCUT2D eigenvalue weighted by Crippen LogP contribution is 2.39. The zero-order valence-electron chi connectivity index (χ0n) is 9.72. The predicted molar refractivity (Wildman–Crippen MR) is 64.2 cm³/mol. The minimum absolute atomic E-state index is 0.261. The van der Waals surface area contributed by atoms with Crippen molar-refractivity contribution in [1.29, 1.82) is 0 Å². The average molecular weight is 190 g/mol. The van der Waals surface area contributed by atoms with Crippen LogP contribution in [-0.4, -0.2) is 0 Å². The van der Waals surface area contributed by atoms with Gasteiger partial charge in [0.2, 0.25) is 0 Å². The molecule has 0 spiro atoms. The minimum atomic E-state index is 0.261. The van der Waals surface area contributed by atoms with Gasteiger partial charge in [-0.3, -0.25) is 0 Å². The molecule has 78 valence electrons. The Labute approximate surface area is 88.4 Å². The highest BCUT2D eigenvalue weighted by molar-refractivity contribution is 5.22. The second-order valence-electron chi connectivity index (χ2n) is 4.49. The monoisotopic (exact) mass is 190 g/mol. The molecule has 0 aromatic carbocycles. The van der Waals surface area contributed by atoms with Crippen molar-refractivity contribution in [3.05, 3.63) is 36.5 Å². The maximum atomic E-state index is 3.97. The van der Waals surface area contributed by atoms with Crippen LogP contribution in [0.5, 0.6) is 0 Å². The van der Waals surface area contributed by atoms with Crippen molar-refractivity contribution < 1.29 is 0 Å². The molecule has 1 aliphatic carbocycles. The topological polar surface area (TPSA) is 0 Å². The van der Waals surface area contributed by atoms with Crippen LogP contribution in [0.15, 0.2) is 36.5 Å². The molecule has 0 bridgehead atoms. The minimum Gasteiger partial charge on any atom is -0.103 e. The summed E-state index contributed by atoms with van der Waals surface area (Å²) in [6.45, 7) is 10.9. The van der Waals surface area contributed by atoms with E-state index in [0.717, 1.165) is 0 Å². The highest BCUT2D eigenvalue weighted by atomic mass is 14.3. The van der Waals surface area contributed by atoms with Gasteiger partial charge in [0.15, 0.2) is 0 Å². The lowest BCUT2D eigenvalue weighted by Crippen LogP contribution is -2.24. The molecule has 0 fully saturated rings. The lowest BCUT2D eigenvalue weighted by atomic mass is 9.71. The summed E-state index contributed by atoms with van der Waals surface area (Å²) in [5, 5.41) is 0. The molecule has 14 heavy (non-hydrogen) atoms. The number of allylic oxidation sites excluding steroid dienone is 5. The molecule has 0 aliphatic heterocycles. The highest BCUT2D eigenvalue weighted by Gasteiger charge is 2.28. The van der Waals surface area contributed by atoms with Crippen LogP contribution in [0.1, 0.15) is 40.0 Å². The van der Waals surface area contributed by atoms with Crippen LogP contribution >= 0.6 is 0 Å². The van der Waals surface area contributed by atoms with Gasteiger partial charge in [0.05, 0.1) is 0 Å². The quantitative estimate of drug-likeness (QED) is 0.572. The van der Waals surface area contributed by atoms with Crippen molar-refractivity contribution in [2.45, 2.75) is 40.0 Å².